The number of hydrogen-bond acceptors (Lipinski definition) is 8. The maximum atomic E-state index is 10.8. The monoisotopic (exact) mass is 319 g/mol. The first-order chi connectivity index (χ1) is 9.13. The zero-order valence-electron chi connectivity index (χ0n) is 11.2. The fourth-order valence-corrected chi connectivity index (χ4v) is 1.97. The molecule has 8 nitrogen and oxygen atoms in total. The molecule has 10 heteroatoms. The molecule has 0 aromatic rings. The Kier molecular flexibility index (Phi) is 13.4. The predicted octanol–water partition coefficient (Wildman–Crippen LogP) is 0.871. The molecule has 19 heavy (non-hydrogen) atoms. The number of aliphatic hydroxyl groups excluding tert-OH is 1. The number of aliphatic hydroxyl groups is 1. The molecule has 0 aromatic carbocycles. The van der Waals surface area contributed by atoms with Crippen LogP contribution in [0.1, 0.15) is 0 Å². The average Bonchev–Trinajstić information content (AvgIpc) is 2.41. The molecule has 0 aliphatic carbocycles. The minimum Gasteiger partial charge on any atom is -0.388 e. The van der Waals surface area contributed by atoms with Crippen LogP contribution in [-0.2, 0) is 32.1 Å². The highest BCUT2D eigenvalue weighted by Gasteiger charge is 2.20. The van der Waals surface area contributed by atoms with Crippen molar-refractivity contribution in [3.8, 4) is 0 Å². The van der Waals surface area contributed by atoms with Gasteiger partial charge in [-0.25, -0.2) is 0 Å². The Hall–Kier alpha value is 0.250. The largest absolute Gasteiger partial charge is 0.697 e. The van der Waals surface area contributed by atoms with Gasteiger partial charge in [0.25, 0.3) is 0 Å². The first kappa shape index (κ1) is 19.2. The lowest BCUT2D eigenvalue weighted by molar-refractivity contribution is 0.0189. The molecule has 0 radical (unpaired) electrons. The van der Waals surface area contributed by atoms with Crippen molar-refractivity contribution in [1.82, 2.24) is 0 Å². The lowest BCUT2D eigenvalue weighted by Crippen LogP contribution is -2.22. The second-order valence-electron chi connectivity index (χ2n) is 3.40. The number of rotatable bonds is 13. The van der Waals surface area contributed by atoms with Crippen LogP contribution in [0, 0.1) is 0 Å². The van der Waals surface area contributed by atoms with E-state index in [-0.39, 0.29) is 28.4 Å². The maximum Gasteiger partial charge on any atom is 0.697 e. The van der Waals surface area contributed by atoms with Crippen molar-refractivity contribution >= 4 is 17.3 Å². The van der Waals surface area contributed by atoms with E-state index >= 15 is 0 Å². The smallest absolute Gasteiger partial charge is 0.388 e. The van der Waals surface area contributed by atoms with E-state index in [4.69, 9.17) is 18.5 Å². The quantitative estimate of drug-likeness (QED) is 0.395. The van der Waals surface area contributed by atoms with Gasteiger partial charge in [-0.1, -0.05) is 0 Å². The molecule has 114 valence electrons. The van der Waals surface area contributed by atoms with Gasteiger partial charge in [0.2, 0.25) is 0 Å². The molecule has 0 spiro atoms. The van der Waals surface area contributed by atoms with E-state index in [0.29, 0.717) is 13.2 Å². The molecular weight excluding hydrogens is 298 g/mol. The van der Waals surface area contributed by atoms with E-state index in [1.807, 2.05) is 0 Å². The highest BCUT2D eigenvalue weighted by Crippen LogP contribution is 2.22. The van der Waals surface area contributed by atoms with Gasteiger partial charge >= 0.3 is 8.25 Å². The van der Waals surface area contributed by atoms with Crippen molar-refractivity contribution < 1.29 is 37.2 Å². The zero-order chi connectivity index (χ0) is 14.5. The lowest BCUT2D eigenvalue weighted by atomic mass is 10.4. The summed E-state index contributed by atoms with van der Waals surface area (Å²) in [5.74, 6) is 0. The van der Waals surface area contributed by atoms with E-state index in [1.165, 1.54) is 7.11 Å². The van der Waals surface area contributed by atoms with E-state index in [2.05, 4.69) is 9.05 Å². The van der Waals surface area contributed by atoms with Gasteiger partial charge in [0.05, 0.1) is 26.9 Å². The molecular formula is C9H21O8P2+. The fraction of sp³-hybridized carbons (Fsp3) is 1.00. The summed E-state index contributed by atoms with van der Waals surface area (Å²) in [6, 6.07) is 0. The lowest BCUT2D eigenvalue weighted by Gasteiger charge is -2.16. The summed E-state index contributed by atoms with van der Waals surface area (Å²) in [6.07, 6.45) is -1.11. The van der Waals surface area contributed by atoms with Crippen LogP contribution in [0.2, 0.25) is 0 Å². The third-order valence-electron chi connectivity index (χ3n) is 1.78. The standard InChI is InChI=1S/C9H21O8P2/c1-12-6-9(7-13-2)17-18-15-4-8(10)5-16-19(11)14-3/h8-10,18H,4-7H2,1-3H3/q+1. The number of ether oxygens (including phenoxy) is 2. The van der Waals surface area contributed by atoms with E-state index in [0.717, 1.165) is 0 Å². The van der Waals surface area contributed by atoms with Crippen molar-refractivity contribution in [3.63, 3.8) is 0 Å². The van der Waals surface area contributed by atoms with Gasteiger partial charge < -0.3 is 23.6 Å². The normalized spacial score (nSPS) is 14.5. The SMILES string of the molecule is COCC(COC)OPOCC(O)CO[P+](=O)OC. The van der Waals surface area contributed by atoms with Gasteiger partial charge in [-0.05, 0) is 0 Å². The Bertz CT molecular complexity index is 224. The Morgan fingerprint density at radius 1 is 1.11 bits per heavy atom. The summed E-state index contributed by atoms with van der Waals surface area (Å²) in [7, 11) is 1.95. The fourth-order valence-electron chi connectivity index (χ4n) is 0.968. The molecule has 3 atom stereocenters. The van der Waals surface area contributed by atoms with Crippen LogP contribution >= 0.6 is 17.3 Å². The van der Waals surface area contributed by atoms with Crippen molar-refractivity contribution in [2.75, 3.05) is 47.8 Å². The first-order valence-electron chi connectivity index (χ1n) is 5.46. The molecule has 0 fully saturated rings. The van der Waals surface area contributed by atoms with Gasteiger partial charge in [-0.3, -0.25) is 0 Å². The Labute approximate surface area is 115 Å². The van der Waals surface area contributed by atoms with Crippen molar-refractivity contribution in [2.24, 2.45) is 0 Å². The summed E-state index contributed by atoms with van der Waals surface area (Å²) in [4.78, 5) is 0. The molecule has 0 saturated heterocycles. The Balaban J connectivity index is 3.57. The molecule has 3 unspecified atom stereocenters. The third-order valence-corrected chi connectivity index (χ3v) is 3.15. The number of hydrogen-bond donors (Lipinski definition) is 1. The second-order valence-corrected chi connectivity index (χ2v) is 5.16. The van der Waals surface area contributed by atoms with Gasteiger partial charge in [-0.15, -0.1) is 9.05 Å². The molecule has 0 heterocycles. The summed E-state index contributed by atoms with van der Waals surface area (Å²) < 4.78 is 40.2. The highest BCUT2D eigenvalue weighted by atomic mass is 31.1. The Morgan fingerprint density at radius 2 is 1.74 bits per heavy atom. The van der Waals surface area contributed by atoms with Crippen LogP contribution in [-0.4, -0.2) is 65.1 Å². The van der Waals surface area contributed by atoms with Gasteiger partial charge in [-0.2, -0.15) is 0 Å². The van der Waals surface area contributed by atoms with E-state index in [9.17, 15) is 9.67 Å². The molecule has 0 saturated carbocycles. The van der Waals surface area contributed by atoms with E-state index in [1.54, 1.807) is 14.2 Å². The minimum absolute atomic E-state index is 0.0119. The molecule has 1 N–H and O–H groups in total. The summed E-state index contributed by atoms with van der Waals surface area (Å²) in [5, 5.41) is 9.43. The van der Waals surface area contributed by atoms with Crippen LogP contribution in [0.3, 0.4) is 0 Å². The van der Waals surface area contributed by atoms with Gasteiger partial charge in [0.15, 0.2) is 9.03 Å². The molecule has 0 bridgehead atoms. The van der Waals surface area contributed by atoms with Crippen LogP contribution in [0.15, 0.2) is 0 Å². The zero-order valence-corrected chi connectivity index (χ0v) is 13.1. The number of methoxy groups -OCH3 is 2. The van der Waals surface area contributed by atoms with Crippen LogP contribution in [0.25, 0.3) is 0 Å². The highest BCUT2D eigenvalue weighted by molar-refractivity contribution is 7.33. The minimum atomic E-state index is -2.18. The summed E-state index contributed by atoms with van der Waals surface area (Å²) >= 11 is 0. The average molecular weight is 319 g/mol. The first-order valence-corrected chi connectivity index (χ1v) is 7.37. The summed E-state index contributed by atoms with van der Waals surface area (Å²) in [6.45, 7) is 0.666. The Morgan fingerprint density at radius 3 is 2.26 bits per heavy atom. The third kappa shape index (κ3) is 11.8. The molecule has 0 aliphatic rings. The van der Waals surface area contributed by atoms with Crippen LogP contribution in [0.4, 0.5) is 0 Å². The molecule has 0 aromatic heterocycles. The molecule has 0 amide bonds. The van der Waals surface area contributed by atoms with Crippen LogP contribution in [0.5, 0.6) is 0 Å². The predicted molar refractivity (Wildman–Crippen MR) is 69.5 cm³/mol. The van der Waals surface area contributed by atoms with Crippen LogP contribution < -0.4 is 0 Å². The van der Waals surface area contributed by atoms with Gasteiger partial charge in [0, 0.05) is 18.8 Å². The summed E-state index contributed by atoms with van der Waals surface area (Å²) in [5.41, 5.74) is 0. The van der Waals surface area contributed by atoms with Crippen molar-refractivity contribution in [3.05, 3.63) is 0 Å². The maximum absolute atomic E-state index is 10.8. The molecule has 0 aliphatic heterocycles. The van der Waals surface area contributed by atoms with Crippen molar-refractivity contribution in [1.29, 1.82) is 0 Å². The molecule has 0 rings (SSSR count). The second kappa shape index (κ2) is 13.2. The topological polar surface area (TPSA) is 92.7 Å². The van der Waals surface area contributed by atoms with Crippen molar-refractivity contribution in [2.45, 2.75) is 12.2 Å². The van der Waals surface area contributed by atoms with Gasteiger partial charge in [0.1, 0.15) is 18.8 Å². The van der Waals surface area contributed by atoms with E-state index < -0.39 is 14.4 Å².